The van der Waals surface area contributed by atoms with Gasteiger partial charge >= 0.3 is 6.09 Å². The number of ether oxygens (including phenoxy) is 1. The average molecular weight is 259 g/mol. The molecule has 1 aromatic rings. The smallest absolute Gasteiger partial charge is 0.407 e. The first-order valence-electron chi connectivity index (χ1n) is 5.39. The summed E-state index contributed by atoms with van der Waals surface area (Å²) >= 11 is 0. The second-order valence-corrected chi connectivity index (χ2v) is 3.68. The van der Waals surface area contributed by atoms with E-state index in [1.807, 2.05) is 37.3 Å². The van der Waals surface area contributed by atoms with Crippen LogP contribution in [0.15, 0.2) is 30.3 Å². The minimum atomic E-state index is -0.398. The van der Waals surface area contributed by atoms with Crippen LogP contribution >= 0.6 is 12.4 Å². The predicted molar refractivity (Wildman–Crippen MR) is 70.1 cm³/mol. The minimum absolute atomic E-state index is 0. The van der Waals surface area contributed by atoms with Gasteiger partial charge in [0.1, 0.15) is 6.61 Å². The van der Waals surface area contributed by atoms with Crippen LogP contribution in [-0.2, 0) is 11.3 Å². The number of rotatable bonds is 5. The Morgan fingerprint density at radius 1 is 1.41 bits per heavy atom. The van der Waals surface area contributed by atoms with E-state index < -0.39 is 6.09 Å². The number of halogens is 1. The molecule has 4 nitrogen and oxygen atoms in total. The maximum absolute atomic E-state index is 11.3. The van der Waals surface area contributed by atoms with Gasteiger partial charge in [0.15, 0.2) is 0 Å². The molecule has 1 amide bonds. The van der Waals surface area contributed by atoms with E-state index in [0.29, 0.717) is 13.2 Å². The molecule has 96 valence electrons. The van der Waals surface area contributed by atoms with Gasteiger partial charge in [0.25, 0.3) is 0 Å². The molecule has 0 aliphatic carbocycles. The molecule has 1 atom stereocenters. The molecule has 0 spiro atoms. The van der Waals surface area contributed by atoms with Crippen molar-refractivity contribution < 1.29 is 9.53 Å². The van der Waals surface area contributed by atoms with E-state index in [0.717, 1.165) is 12.0 Å². The van der Waals surface area contributed by atoms with Gasteiger partial charge in [0.2, 0.25) is 0 Å². The molecule has 17 heavy (non-hydrogen) atoms. The second kappa shape index (κ2) is 8.84. The van der Waals surface area contributed by atoms with E-state index in [2.05, 4.69) is 5.32 Å². The summed E-state index contributed by atoms with van der Waals surface area (Å²) in [6.07, 6.45) is 0.352. The number of hydrogen-bond donors (Lipinski definition) is 2. The molecule has 3 N–H and O–H groups in total. The summed E-state index contributed by atoms with van der Waals surface area (Å²) in [5, 5.41) is 2.71. The number of benzene rings is 1. The zero-order valence-electron chi connectivity index (χ0n) is 9.89. The van der Waals surface area contributed by atoms with Crippen molar-refractivity contribution in [3.63, 3.8) is 0 Å². The van der Waals surface area contributed by atoms with Crippen molar-refractivity contribution >= 4 is 18.5 Å². The molecular weight excluding hydrogens is 240 g/mol. The third kappa shape index (κ3) is 6.81. The highest BCUT2D eigenvalue weighted by atomic mass is 35.5. The lowest BCUT2D eigenvalue weighted by molar-refractivity contribution is 0.136. The van der Waals surface area contributed by atoms with Gasteiger partial charge in [-0.05, 0) is 25.5 Å². The number of amides is 1. The van der Waals surface area contributed by atoms with E-state index in [4.69, 9.17) is 10.5 Å². The monoisotopic (exact) mass is 258 g/mol. The third-order valence-electron chi connectivity index (χ3n) is 2.18. The molecule has 0 aliphatic rings. The topological polar surface area (TPSA) is 64.3 Å². The summed E-state index contributed by atoms with van der Waals surface area (Å²) in [5.41, 5.74) is 6.35. The molecule has 5 heteroatoms. The molecule has 0 saturated heterocycles. The van der Waals surface area contributed by atoms with Gasteiger partial charge in [0.05, 0.1) is 0 Å². The summed E-state index contributed by atoms with van der Waals surface area (Å²) < 4.78 is 5.05. The fourth-order valence-corrected chi connectivity index (χ4v) is 1.29. The van der Waals surface area contributed by atoms with E-state index in [-0.39, 0.29) is 18.4 Å². The van der Waals surface area contributed by atoms with E-state index in [1.54, 1.807) is 0 Å². The van der Waals surface area contributed by atoms with Gasteiger partial charge < -0.3 is 15.8 Å². The quantitative estimate of drug-likeness (QED) is 0.850. The van der Waals surface area contributed by atoms with Crippen molar-refractivity contribution in [1.29, 1.82) is 0 Å². The van der Waals surface area contributed by atoms with Crippen LogP contribution in [0.2, 0.25) is 0 Å². The summed E-state index contributed by atoms with van der Waals surface area (Å²) in [6, 6.07) is 9.62. The lowest BCUT2D eigenvalue weighted by Gasteiger charge is -2.12. The Morgan fingerprint density at radius 2 is 2.06 bits per heavy atom. The number of hydrogen-bond acceptors (Lipinski definition) is 3. The molecular formula is C12H19ClN2O2. The van der Waals surface area contributed by atoms with Crippen LogP contribution < -0.4 is 11.1 Å². The van der Waals surface area contributed by atoms with Crippen molar-refractivity contribution in [2.75, 3.05) is 6.54 Å². The molecule has 0 bridgehead atoms. The summed E-state index contributed by atoms with van der Waals surface area (Å²) in [5.74, 6) is 0. The number of carbonyl (C=O) groups excluding carboxylic acids is 1. The maximum Gasteiger partial charge on any atom is 0.407 e. The van der Waals surface area contributed by atoms with Gasteiger partial charge in [0, 0.05) is 6.04 Å². The average Bonchev–Trinajstić information content (AvgIpc) is 2.28. The molecule has 0 fully saturated rings. The molecule has 1 aromatic carbocycles. The van der Waals surface area contributed by atoms with E-state index in [9.17, 15) is 4.79 Å². The van der Waals surface area contributed by atoms with Crippen LogP contribution in [0.25, 0.3) is 0 Å². The van der Waals surface area contributed by atoms with Crippen LogP contribution in [0.5, 0.6) is 0 Å². The zero-order valence-corrected chi connectivity index (χ0v) is 10.7. The van der Waals surface area contributed by atoms with Gasteiger partial charge in [-0.1, -0.05) is 30.3 Å². The Balaban J connectivity index is 0.00000256. The fourth-order valence-electron chi connectivity index (χ4n) is 1.29. The maximum atomic E-state index is 11.3. The highest BCUT2D eigenvalue weighted by molar-refractivity contribution is 5.85. The number of nitrogens with one attached hydrogen (secondary N) is 1. The lowest BCUT2D eigenvalue weighted by Crippen LogP contribution is -2.34. The van der Waals surface area contributed by atoms with Crippen LogP contribution in [0, 0.1) is 0 Å². The largest absolute Gasteiger partial charge is 0.445 e. The SMILES string of the molecule is CC(CCN)NC(=O)OCc1ccccc1.Cl. The van der Waals surface area contributed by atoms with Gasteiger partial charge in [-0.3, -0.25) is 0 Å². The molecule has 1 unspecified atom stereocenters. The first kappa shape index (κ1) is 15.7. The predicted octanol–water partition coefficient (Wildman–Crippen LogP) is 2.07. The number of alkyl carbamates (subject to hydrolysis) is 1. The van der Waals surface area contributed by atoms with Gasteiger partial charge in [-0.15, -0.1) is 12.4 Å². The Labute approximate surface area is 108 Å². The standard InChI is InChI=1S/C12H18N2O2.ClH/c1-10(7-8-13)14-12(15)16-9-11-5-3-2-4-6-11;/h2-6,10H,7-9,13H2,1H3,(H,14,15);1H. The van der Waals surface area contributed by atoms with E-state index >= 15 is 0 Å². The van der Waals surface area contributed by atoms with Gasteiger partial charge in [-0.25, -0.2) is 4.79 Å². The van der Waals surface area contributed by atoms with Crippen molar-refractivity contribution in [1.82, 2.24) is 5.32 Å². The Bertz CT molecular complexity index is 320. The molecule has 0 radical (unpaired) electrons. The highest BCUT2D eigenvalue weighted by Gasteiger charge is 2.06. The molecule has 0 saturated carbocycles. The molecule has 0 heterocycles. The van der Waals surface area contributed by atoms with Crippen molar-refractivity contribution in [3.8, 4) is 0 Å². The fraction of sp³-hybridized carbons (Fsp3) is 0.417. The highest BCUT2D eigenvalue weighted by Crippen LogP contribution is 2.00. The lowest BCUT2D eigenvalue weighted by atomic mass is 10.2. The van der Waals surface area contributed by atoms with Crippen LogP contribution in [0.3, 0.4) is 0 Å². The number of carbonyl (C=O) groups is 1. The van der Waals surface area contributed by atoms with Crippen LogP contribution in [-0.4, -0.2) is 18.7 Å². The minimum Gasteiger partial charge on any atom is -0.445 e. The normalized spacial score (nSPS) is 11.2. The first-order valence-corrected chi connectivity index (χ1v) is 5.39. The van der Waals surface area contributed by atoms with Crippen molar-refractivity contribution in [2.45, 2.75) is 26.0 Å². The summed E-state index contributed by atoms with van der Waals surface area (Å²) in [4.78, 5) is 11.3. The third-order valence-corrected chi connectivity index (χ3v) is 2.18. The summed E-state index contributed by atoms with van der Waals surface area (Å²) in [7, 11) is 0. The van der Waals surface area contributed by atoms with Crippen molar-refractivity contribution in [2.24, 2.45) is 5.73 Å². The molecule has 1 rings (SSSR count). The van der Waals surface area contributed by atoms with Crippen LogP contribution in [0.4, 0.5) is 4.79 Å². The summed E-state index contributed by atoms with van der Waals surface area (Å²) in [6.45, 7) is 2.75. The first-order chi connectivity index (χ1) is 7.72. The van der Waals surface area contributed by atoms with Crippen molar-refractivity contribution in [3.05, 3.63) is 35.9 Å². The number of nitrogens with two attached hydrogens (primary N) is 1. The molecule has 0 aliphatic heterocycles. The zero-order chi connectivity index (χ0) is 11.8. The molecule has 0 aromatic heterocycles. The van der Waals surface area contributed by atoms with Crippen LogP contribution in [0.1, 0.15) is 18.9 Å². The van der Waals surface area contributed by atoms with Gasteiger partial charge in [-0.2, -0.15) is 0 Å². The Hall–Kier alpha value is -1.26. The Morgan fingerprint density at radius 3 is 2.65 bits per heavy atom. The van der Waals surface area contributed by atoms with E-state index in [1.165, 1.54) is 0 Å². The Kier molecular flexibility index (Phi) is 8.19. The second-order valence-electron chi connectivity index (χ2n) is 3.68.